The van der Waals surface area contributed by atoms with Crippen molar-refractivity contribution >= 4 is 11.6 Å². The van der Waals surface area contributed by atoms with E-state index in [1.807, 2.05) is 92.7 Å². The van der Waals surface area contributed by atoms with Crippen molar-refractivity contribution in [3.8, 4) is 17.2 Å². The second kappa shape index (κ2) is 9.42. The molecule has 0 amide bonds. The van der Waals surface area contributed by atoms with Crippen molar-refractivity contribution in [1.82, 2.24) is 0 Å². The lowest BCUT2D eigenvalue weighted by Crippen LogP contribution is -2.11. The lowest BCUT2D eigenvalue weighted by atomic mass is 10.2. The van der Waals surface area contributed by atoms with Gasteiger partial charge in [-0.05, 0) is 50.2 Å². The van der Waals surface area contributed by atoms with Gasteiger partial charge in [-0.25, -0.2) is 4.99 Å². The van der Waals surface area contributed by atoms with Crippen LogP contribution in [0.5, 0.6) is 17.2 Å². The molecule has 0 aliphatic heterocycles. The molecule has 0 spiro atoms. The first kappa shape index (κ1) is 19.2. The fraction of sp³-hybridized carbons (Fsp3) is 0.125. The van der Waals surface area contributed by atoms with Gasteiger partial charge < -0.3 is 14.2 Å². The van der Waals surface area contributed by atoms with Crippen LogP contribution in [0.4, 0.5) is 5.69 Å². The van der Waals surface area contributed by atoms with Crippen LogP contribution in [0.2, 0.25) is 0 Å². The Labute approximate surface area is 165 Å². The summed E-state index contributed by atoms with van der Waals surface area (Å²) in [4.78, 5) is 4.65. The molecule has 0 saturated heterocycles. The molecular weight excluding hydrogens is 350 g/mol. The normalized spacial score (nSPS) is 11.8. The van der Waals surface area contributed by atoms with E-state index in [1.54, 1.807) is 13.4 Å². The molecule has 3 aromatic carbocycles. The van der Waals surface area contributed by atoms with Gasteiger partial charge in [0.15, 0.2) is 11.5 Å². The van der Waals surface area contributed by atoms with Crippen LogP contribution in [0.25, 0.3) is 0 Å². The van der Waals surface area contributed by atoms with Crippen molar-refractivity contribution in [3.63, 3.8) is 0 Å². The van der Waals surface area contributed by atoms with Crippen LogP contribution >= 0.6 is 0 Å². The molecule has 4 nitrogen and oxygen atoms in total. The highest BCUT2D eigenvalue weighted by atomic mass is 16.5. The summed E-state index contributed by atoms with van der Waals surface area (Å²) in [6, 6.07) is 25.0. The van der Waals surface area contributed by atoms with E-state index in [2.05, 4.69) is 4.99 Å². The predicted molar refractivity (Wildman–Crippen MR) is 113 cm³/mol. The quantitative estimate of drug-likeness (QED) is 0.298. The molecule has 0 atom stereocenters. The third kappa shape index (κ3) is 5.24. The van der Waals surface area contributed by atoms with E-state index in [-0.39, 0.29) is 0 Å². The van der Waals surface area contributed by atoms with Crippen LogP contribution in [0.1, 0.15) is 12.5 Å². The minimum atomic E-state index is 0.433. The van der Waals surface area contributed by atoms with Crippen molar-refractivity contribution in [1.29, 1.82) is 0 Å². The first-order valence-electron chi connectivity index (χ1n) is 9.01. The molecule has 0 unspecified atom stereocenters. The Balaban J connectivity index is 1.90. The molecule has 4 heteroatoms. The first-order chi connectivity index (χ1) is 13.7. The van der Waals surface area contributed by atoms with Crippen molar-refractivity contribution in [2.45, 2.75) is 13.8 Å². The molecule has 0 saturated carbocycles. The van der Waals surface area contributed by atoms with Gasteiger partial charge in [-0.3, -0.25) is 0 Å². The van der Waals surface area contributed by atoms with Gasteiger partial charge in [-0.1, -0.05) is 48.0 Å². The fourth-order valence-corrected chi connectivity index (χ4v) is 2.44. The number of rotatable bonds is 6. The number of para-hydroxylation sites is 3. The highest BCUT2D eigenvalue weighted by molar-refractivity contribution is 5.96. The van der Waals surface area contributed by atoms with Crippen LogP contribution in [0, 0.1) is 6.92 Å². The van der Waals surface area contributed by atoms with Gasteiger partial charge in [0, 0.05) is 5.57 Å². The van der Waals surface area contributed by atoms with E-state index < -0.39 is 0 Å². The van der Waals surface area contributed by atoms with Crippen LogP contribution in [-0.2, 0) is 0 Å². The molecule has 3 aromatic rings. The number of aryl methyl sites for hydroxylation is 1. The molecule has 28 heavy (non-hydrogen) atoms. The number of nitrogens with zero attached hydrogens (tertiary/aromatic N) is 1. The van der Waals surface area contributed by atoms with Crippen molar-refractivity contribution < 1.29 is 14.2 Å². The zero-order valence-corrected chi connectivity index (χ0v) is 16.3. The lowest BCUT2D eigenvalue weighted by molar-refractivity contribution is 0.390. The maximum Gasteiger partial charge on any atom is 0.226 e. The predicted octanol–water partition coefficient (Wildman–Crippen LogP) is 6.10. The molecule has 142 valence electrons. The maximum atomic E-state index is 6.09. The highest BCUT2D eigenvalue weighted by Crippen LogP contribution is 2.27. The number of methoxy groups -OCH3 is 1. The Hall–Kier alpha value is -3.53. The monoisotopic (exact) mass is 373 g/mol. The van der Waals surface area contributed by atoms with Gasteiger partial charge in [0.1, 0.15) is 5.75 Å². The highest BCUT2D eigenvalue weighted by Gasteiger charge is 2.11. The molecule has 0 heterocycles. The van der Waals surface area contributed by atoms with Gasteiger partial charge in [-0.15, -0.1) is 0 Å². The Morgan fingerprint density at radius 3 is 2.14 bits per heavy atom. The number of hydrogen-bond acceptors (Lipinski definition) is 4. The Morgan fingerprint density at radius 2 is 1.46 bits per heavy atom. The van der Waals surface area contributed by atoms with Gasteiger partial charge in [0.25, 0.3) is 0 Å². The molecule has 0 aromatic heterocycles. The zero-order valence-electron chi connectivity index (χ0n) is 16.3. The average Bonchev–Trinajstić information content (AvgIpc) is 2.74. The third-order valence-corrected chi connectivity index (χ3v) is 3.99. The Morgan fingerprint density at radius 1 is 0.821 bits per heavy atom. The van der Waals surface area contributed by atoms with E-state index >= 15 is 0 Å². The smallest absolute Gasteiger partial charge is 0.226 e. The first-order valence-corrected chi connectivity index (χ1v) is 9.01. The van der Waals surface area contributed by atoms with Gasteiger partial charge in [0.2, 0.25) is 5.90 Å². The second-order valence-electron chi connectivity index (χ2n) is 6.24. The maximum absolute atomic E-state index is 6.09. The molecule has 0 N–H and O–H groups in total. The summed E-state index contributed by atoms with van der Waals surface area (Å²) in [7, 11) is 1.61. The summed E-state index contributed by atoms with van der Waals surface area (Å²) in [6.07, 6.45) is 1.64. The van der Waals surface area contributed by atoms with Crippen molar-refractivity contribution in [2.24, 2.45) is 4.99 Å². The summed E-state index contributed by atoms with van der Waals surface area (Å²) in [5.74, 6) is 2.40. The standard InChI is InChI=1S/C24H23NO3/c1-18-13-15-21(16-14-18)27-17-19(2)24(25-20-9-5-4-6-10-20)28-23-12-8-7-11-22(23)26-3/h4-17H,1-3H3/b19-17+,25-24-. The number of aliphatic imine (C=N–C) groups is 1. The molecular formula is C24H23NO3. The summed E-state index contributed by atoms with van der Waals surface area (Å²) < 4.78 is 17.3. The minimum absolute atomic E-state index is 0.433. The Bertz CT molecular complexity index is 961. The zero-order chi connectivity index (χ0) is 19.8. The SMILES string of the molecule is COc1ccccc1OC(=N\c1ccccc1)/C(C)=C/Oc1ccc(C)cc1. The summed E-state index contributed by atoms with van der Waals surface area (Å²) >= 11 is 0. The van der Waals surface area contributed by atoms with E-state index in [0.29, 0.717) is 17.4 Å². The second-order valence-corrected chi connectivity index (χ2v) is 6.24. The fourth-order valence-electron chi connectivity index (χ4n) is 2.44. The van der Waals surface area contributed by atoms with Crippen LogP contribution in [0.15, 0.2) is 95.7 Å². The average molecular weight is 373 g/mol. The van der Waals surface area contributed by atoms with E-state index in [4.69, 9.17) is 14.2 Å². The number of hydrogen-bond donors (Lipinski definition) is 0. The van der Waals surface area contributed by atoms with Crippen molar-refractivity contribution in [3.05, 3.63) is 96.3 Å². The van der Waals surface area contributed by atoms with Gasteiger partial charge >= 0.3 is 0 Å². The molecule has 3 rings (SSSR count). The molecule has 0 aliphatic rings. The molecule has 0 fully saturated rings. The molecule has 0 radical (unpaired) electrons. The van der Waals surface area contributed by atoms with Gasteiger partial charge in [0.05, 0.1) is 19.1 Å². The molecule has 0 aliphatic carbocycles. The van der Waals surface area contributed by atoms with Crippen molar-refractivity contribution in [2.75, 3.05) is 7.11 Å². The van der Waals surface area contributed by atoms with Crippen LogP contribution in [0.3, 0.4) is 0 Å². The summed E-state index contributed by atoms with van der Waals surface area (Å²) in [5.41, 5.74) is 2.71. The van der Waals surface area contributed by atoms with Crippen LogP contribution < -0.4 is 14.2 Å². The van der Waals surface area contributed by atoms with E-state index in [9.17, 15) is 0 Å². The topological polar surface area (TPSA) is 40.0 Å². The summed E-state index contributed by atoms with van der Waals surface area (Å²) in [6.45, 7) is 3.93. The summed E-state index contributed by atoms with van der Waals surface area (Å²) in [5, 5.41) is 0. The van der Waals surface area contributed by atoms with Gasteiger partial charge in [-0.2, -0.15) is 0 Å². The van der Waals surface area contributed by atoms with Crippen LogP contribution in [-0.4, -0.2) is 13.0 Å². The third-order valence-electron chi connectivity index (χ3n) is 3.99. The largest absolute Gasteiger partial charge is 0.493 e. The van der Waals surface area contributed by atoms with E-state index in [0.717, 1.165) is 17.0 Å². The van der Waals surface area contributed by atoms with E-state index in [1.165, 1.54) is 5.56 Å². The Kier molecular flexibility index (Phi) is 6.47. The molecule has 0 bridgehead atoms. The lowest BCUT2D eigenvalue weighted by Gasteiger charge is -2.13. The number of ether oxygens (including phenoxy) is 3. The number of benzene rings is 3. The minimum Gasteiger partial charge on any atom is -0.493 e.